The van der Waals surface area contributed by atoms with Crippen molar-refractivity contribution < 1.29 is 18.3 Å². The van der Waals surface area contributed by atoms with Crippen LogP contribution in [-0.2, 0) is 4.74 Å². The van der Waals surface area contributed by atoms with Gasteiger partial charge in [-0.05, 0) is 18.2 Å². The van der Waals surface area contributed by atoms with Crippen LogP contribution in [0.4, 0.5) is 8.78 Å². The van der Waals surface area contributed by atoms with E-state index in [0.717, 1.165) is 12.3 Å². The molecule has 0 unspecified atom stereocenters. The normalized spacial score (nSPS) is 10.3. The Balaban J connectivity index is 2.51. The molecule has 0 N–H and O–H groups in total. The van der Waals surface area contributed by atoms with Crippen LogP contribution < -0.4 is 0 Å². The Bertz CT molecular complexity index is 647. The molecule has 0 saturated heterocycles. The van der Waals surface area contributed by atoms with Crippen molar-refractivity contribution in [2.24, 2.45) is 0 Å². The molecule has 0 amide bonds. The van der Waals surface area contributed by atoms with E-state index in [0.29, 0.717) is 0 Å². The maximum Gasteiger partial charge on any atom is 0.340 e. The van der Waals surface area contributed by atoms with Crippen molar-refractivity contribution >= 4 is 17.6 Å². The second-order valence-electron chi connectivity index (χ2n) is 3.64. The third kappa shape index (κ3) is 2.56. The number of ether oxygens (including phenoxy) is 1. The summed E-state index contributed by atoms with van der Waals surface area (Å²) in [6.07, 6.45) is 1.16. The first-order valence-electron chi connectivity index (χ1n) is 5.23. The van der Waals surface area contributed by atoms with Crippen molar-refractivity contribution in [1.82, 2.24) is 4.98 Å². The van der Waals surface area contributed by atoms with Crippen LogP contribution in [0.5, 0.6) is 0 Å². The van der Waals surface area contributed by atoms with Gasteiger partial charge in [0.25, 0.3) is 0 Å². The summed E-state index contributed by atoms with van der Waals surface area (Å²) in [5.41, 5.74) is 0.165. The highest BCUT2D eigenvalue weighted by Crippen LogP contribution is 2.26. The van der Waals surface area contributed by atoms with Crippen molar-refractivity contribution in [3.8, 4) is 11.3 Å². The molecule has 1 aromatic heterocycles. The van der Waals surface area contributed by atoms with Gasteiger partial charge in [0.2, 0.25) is 0 Å². The second kappa shape index (κ2) is 5.32. The Hall–Kier alpha value is -2.01. The van der Waals surface area contributed by atoms with Gasteiger partial charge in [0.1, 0.15) is 0 Å². The Morgan fingerprint density at radius 1 is 1.37 bits per heavy atom. The number of carbonyl (C=O) groups excluding carboxylic acids is 1. The van der Waals surface area contributed by atoms with E-state index in [-0.39, 0.29) is 21.8 Å². The predicted molar refractivity (Wildman–Crippen MR) is 65.9 cm³/mol. The van der Waals surface area contributed by atoms with Crippen molar-refractivity contribution in [2.45, 2.75) is 0 Å². The van der Waals surface area contributed by atoms with Crippen LogP contribution in [0.15, 0.2) is 30.5 Å². The van der Waals surface area contributed by atoms with E-state index in [1.54, 1.807) is 0 Å². The first-order valence-corrected chi connectivity index (χ1v) is 5.60. The summed E-state index contributed by atoms with van der Waals surface area (Å²) in [6, 6.07) is 5.02. The van der Waals surface area contributed by atoms with Gasteiger partial charge in [-0.25, -0.2) is 13.6 Å². The lowest BCUT2D eigenvalue weighted by atomic mass is 10.1. The Kier molecular flexibility index (Phi) is 3.76. The standard InChI is InChI=1S/C13H8ClF2NO2/c1-19-13(18)8-6-17-11(5-9(8)14)7-3-2-4-10(15)12(7)16/h2-6H,1H3. The number of esters is 1. The molecule has 98 valence electrons. The van der Waals surface area contributed by atoms with E-state index in [1.807, 2.05) is 0 Å². The molecule has 0 aliphatic carbocycles. The Labute approximate surface area is 112 Å². The monoisotopic (exact) mass is 283 g/mol. The van der Waals surface area contributed by atoms with E-state index in [9.17, 15) is 13.6 Å². The highest BCUT2D eigenvalue weighted by Gasteiger charge is 2.15. The van der Waals surface area contributed by atoms with Gasteiger partial charge in [0, 0.05) is 11.8 Å². The predicted octanol–water partition coefficient (Wildman–Crippen LogP) is 3.47. The fourth-order valence-electron chi connectivity index (χ4n) is 1.54. The van der Waals surface area contributed by atoms with Gasteiger partial charge in [-0.15, -0.1) is 0 Å². The van der Waals surface area contributed by atoms with E-state index >= 15 is 0 Å². The topological polar surface area (TPSA) is 39.2 Å². The number of nitrogens with zero attached hydrogens (tertiary/aromatic N) is 1. The Morgan fingerprint density at radius 3 is 2.74 bits per heavy atom. The SMILES string of the molecule is COC(=O)c1cnc(-c2cccc(F)c2F)cc1Cl. The van der Waals surface area contributed by atoms with Crippen LogP contribution in [0.3, 0.4) is 0 Å². The number of benzene rings is 1. The number of rotatable bonds is 2. The molecule has 1 aromatic carbocycles. The molecule has 0 aliphatic heterocycles. The van der Waals surface area contributed by atoms with E-state index in [1.165, 1.54) is 25.3 Å². The van der Waals surface area contributed by atoms with Crippen molar-refractivity contribution in [3.05, 3.63) is 52.7 Å². The third-order valence-electron chi connectivity index (χ3n) is 2.49. The molecule has 0 aliphatic rings. The number of methoxy groups -OCH3 is 1. The number of carbonyl (C=O) groups is 1. The van der Waals surface area contributed by atoms with Gasteiger partial charge in [0.05, 0.1) is 23.4 Å². The summed E-state index contributed by atoms with van der Waals surface area (Å²) in [5.74, 6) is -2.65. The lowest BCUT2D eigenvalue weighted by Crippen LogP contribution is -2.03. The van der Waals surface area contributed by atoms with Crippen molar-refractivity contribution in [3.63, 3.8) is 0 Å². The molecule has 2 aromatic rings. The van der Waals surface area contributed by atoms with Gasteiger partial charge in [0.15, 0.2) is 11.6 Å². The average Bonchev–Trinajstić information content (AvgIpc) is 2.41. The molecule has 6 heteroatoms. The van der Waals surface area contributed by atoms with E-state index < -0.39 is 17.6 Å². The average molecular weight is 284 g/mol. The van der Waals surface area contributed by atoms with Gasteiger partial charge in [-0.3, -0.25) is 4.98 Å². The first kappa shape index (κ1) is 13.4. The van der Waals surface area contributed by atoms with Gasteiger partial charge < -0.3 is 4.74 Å². The van der Waals surface area contributed by atoms with Crippen LogP contribution in [0.25, 0.3) is 11.3 Å². The molecule has 3 nitrogen and oxygen atoms in total. The molecule has 19 heavy (non-hydrogen) atoms. The minimum atomic E-state index is -1.02. The second-order valence-corrected chi connectivity index (χ2v) is 4.05. The number of halogens is 3. The lowest BCUT2D eigenvalue weighted by Gasteiger charge is -2.06. The van der Waals surface area contributed by atoms with Crippen molar-refractivity contribution in [1.29, 1.82) is 0 Å². The summed E-state index contributed by atoms with van der Waals surface area (Å²) >= 11 is 5.89. The van der Waals surface area contributed by atoms with Crippen LogP contribution in [0, 0.1) is 11.6 Å². The number of pyridine rings is 1. The fourth-order valence-corrected chi connectivity index (χ4v) is 1.77. The zero-order valence-corrected chi connectivity index (χ0v) is 10.5. The lowest BCUT2D eigenvalue weighted by molar-refractivity contribution is 0.0600. The molecule has 0 saturated carbocycles. The van der Waals surface area contributed by atoms with Crippen molar-refractivity contribution in [2.75, 3.05) is 7.11 Å². The zero-order chi connectivity index (χ0) is 14.0. The molecular weight excluding hydrogens is 276 g/mol. The number of hydrogen-bond acceptors (Lipinski definition) is 3. The zero-order valence-electron chi connectivity index (χ0n) is 9.78. The molecule has 0 fully saturated rings. The highest BCUT2D eigenvalue weighted by atomic mass is 35.5. The van der Waals surface area contributed by atoms with Crippen LogP contribution in [0.2, 0.25) is 5.02 Å². The maximum absolute atomic E-state index is 13.6. The van der Waals surface area contributed by atoms with Crippen LogP contribution in [0.1, 0.15) is 10.4 Å². The van der Waals surface area contributed by atoms with Crippen LogP contribution >= 0.6 is 11.6 Å². The first-order chi connectivity index (χ1) is 9.04. The highest BCUT2D eigenvalue weighted by molar-refractivity contribution is 6.33. The molecule has 0 radical (unpaired) electrons. The summed E-state index contributed by atoms with van der Waals surface area (Å²) in [4.78, 5) is 15.2. The summed E-state index contributed by atoms with van der Waals surface area (Å²) < 4.78 is 31.2. The van der Waals surface area contributed by atoms with Gasteiger partial charge in [-0.1, -0.05) is 17.7 Å². The van der Waals surface area contributed by atoms with Gasteiger partial charge in [-0.2, -0.15) is 0 Å². The minimum Gasteiger partial charge on any atom is -0.465 e. The maximum atomic E-state index is 13.6. The molecule has 1 heterocycles. The van der Waals surface area contributed by atoms with Gasteiger partial charge >= 0.3 is 5.97 Å². The summed E-state index contributed by atoms with van der Waals surface area (Å²) in [5, 5.41) is 0.0560. The van der Waals surface area contributed by atoms with E-state index in [4.69, 9.17) is 11.6 Å². The molecule has 0 bridgehead atoms. The largest absolute Gasteiger partial charge is 0.465 e. The molecular formula is C13H8ClF2NO2. The third-order valence-corrected chi connectivity index (χ3v) is 2.80. The summed E-state index contributed by atoms with van der Waals surface area (Å²) in [6.45, 7) is 0. The smallest absolute Gasteiger partial charge is 0.340 e. The molecule has 0 spiro atoms. The summed E-state index contributed by atoms with van der Waals surface area (Å²) in [7, 11) is 1.21. The quantitative estimate of drug-likeness (QED) is 0.792. The molecule has 0 atom stereocenters. The minimum absolute atomic E-state index is 0.0293. The van der Waals surface area contributed by atoms with Crippen LogP contribution in [-0.4, -0.2) is 18.1 Å². The van der Waals surface area contributed by atoms with E-state index in [2.05, 4.69) is 9.72 Å². The number of aromatic nitrogens is 1. The Morgan fingerprint density at radius 2 is 2.11 bits per heavy atom. The fraction of sp³-hybridized carbons (Fsp3) is 0.0769. The molecule has 2 rings (SSSR count). The number of hydrogen-bond donors (Lipinski definition) is 0.